The van der Waals surface area contributed by atoms with Gasteiger partial charge in [0.05, 0.1) is 52.4 Å². The molecule has 0 atom stereocenters. The fourth-order valence-corrected chi connectivity index (χ4v) is 6.85. The lowest BCUT2D eigenvalue weighted by atomic mass is 10.0. The molecule has 0 aliphatic carbocycles. The van der Waals surface area contributed by atoms with Crippen LogP contribution in [0, 0.1) is 0 Å². The van der Waals surface area contributed by atoms with Gasteiger partial charge in [-0.3, -0.25) is 0 Å². The Morgan fingerprint density at radius 2 is 0.412 bits per heavy atom. The van der Waals surface area contributed by atoms with Crippen molar-refractivity contribution >= 4 is 0 Å². The van der Waals surface area contributed by atoms with Crippen LogP contribution in [-0.4, -0.2) is 61.3 Å². The molecule has 34 heavy (non-hydrogen) atoms. The summed E-state index contributed by atoms with van der Waals surface area (Å²) >= 11 is 0. The quantitative estimate of drug-likeness (QED) is 0.0807. The van der Waals surface area contributed by atoms with Gasteiger partial charge in [-0.1, -0.05) is 92.9 Å². The Balaban J connectivity index is 3.75. The summed E-state index contributed by atoms with van der Waals surface area (Å²) in [6.07, 6.45) is 25.7. The van der Waals surface area contributed by atoms with Gasteiger partial charge >= 0.3 is 0 Å². The molecule has 0 fully saturated rings. The number of rotatable bonds is 27. The van der Waals surface area contributed by atoms with E-state index >= 15 is 0 Å². The van der Waals surface area contributed by atoms with E-state index in [1.807, 2.05) is 0 Å². The Labute approximate surface area is 218 Å². The van der Waals surface area contributed by atoms with Crippen LogP contribution in [0.4, 0.5) is 0 Å². The van der Waals surface area contributed by atoms with E-state index in [-0.39, 0.29) is 0 Å². The van der Waals surface area contributed by atoms with Crippen LogP contribution in [0.1, 0.15) is 157 Å². The van der Waals surface area contributed by atoms with E-state index in [0.29, 0.717) is 0 Å². The van der Waals surface area contributed by atoms with Crippen LogP contribution in [0.3, 0.4) is 0 Å². The Morgan fingerprint density at radius 1 is 0.235 bits per heavy atom. The van der Waals surface area contributed by atoms with E-state index in [2.05, 4.69) is 41.5 Å². The zero-order valence-electron chi connectivity index (χ0n) is 25.3. The maximum Gasteiger partial charge on any atom is 0.0786 e. The summed E-state index contributed by atoms with van der Waals surface area (Å²) in [4.78, 5) is 0. The van der Waals surface area contributed by atoms with Crippen molar-refractivity contribution in [3.05, 3.63) is 0 Å². The van der Waals surface area contributed by atoms with Gasteiger partial charge in [-0.25, -0.2) is 0 Å². The van der Waals surface area contributed by atoms with Gasteiger partial charge in [-0.15, -0.1) is 0 Å². The molecule has 0 bridgehead atoms. The van der Waals surface area contributed by atoms with Crippen molar-refractivity contribution < 1.29 is 8.97 Å². The van der Waals surface area contributed by atoms with Crippen LogP contribution in [0.25, 0.3) is 0 Å². The first-order chi connectivity index (χ1) is 16.6. The number of unbranched alkanes of at least 4 members (excludes halogenated alkanes) is 11. The first-order valence-corrected chi connectivity index (χ1v) is 16.3. The monoisotopic (exact) mass is 483 g/mol. The Morgan fingerprint density at radius 3 is 0.588 bits per heavy atom. The minimum Gasteiger partial charge on any atom is -0.324 e. The molecule has 0 amide bonds. The van der Waals surface area contributed by atoms with Crippen molar-refractivity contribution in [3.8, 4) is 0 Å². The van der Waals surface area contributed by atoms with Crippen LogP contribution in [0.2, 0.25) is 0 Å². The van der Waals surface area contributed by atoms with Gasteiger partial charge in [0.15, 0.2) is 0 Å². The second-order valence-electron chi connectivity index (χ2n) is 11.7. The maximum atomic E-state index is 2.37. The molecule has 0 saturated carbocycles. The second kappa shape index (κ2) is 23.3. The summed E-state index contributed by atoms with van der Waals surface area (Å²) < 4.78 is 2.80. The Kier molecular flexibility index (Phi) is 23.3. The summed E-state index contributed by atoms with van der Waals surface area (Å²) in [6, 6.07) is 0. The minimum atomic E-state index is 1.34. The van der Waals surface area contributed by atoms with Gasteiger partial charge < -0.3 is 8.97 Å². The van der Waals surface area contributed by atoms with Crippen molar-refractivity contribution in [1.29, 1.82) is 0 Å². The van der Waals surface area contributed by atoms with Crippen molar-refractivity contribution in [2.24, 2.45) is 0 Å². The second-order valence-corrected chi connectivity index (χ2v) is 11.7. The number of quaternary nitrogens is 2. The lowest BCUT2D eigenvalue weighted by Gasteiger charge is -2.38. The number of nitrogens with zero attached hydrogens (tertiary/aromatic N) is 2. The molecular formula is C32H70N2+2. The molecule has 0 aromatic heterocycles. The molecular weight excluding hydrogens is 412 g/mol. The lowest BCUT2D eigenvalue weighted by molar-refractivity contribution is -0.928. The summed E-state index contributed by atoms with van der Waals surface area (Å²) in [6.45, 7) is 25.5. The van der Waals surface area contributed by atoms with Gasteiger partial charge in [-0.05, 0) is 64.2 Å². The number of hydrogen-bond donors (Lipinski definition) is 0. The van der Waals surface area contributed by atoms with E-state index in [1.165, 1.54) is 177 Å². The molecule has 0 rings (SSSR count). The third-order valence-corrected chi connectivity index (χ3v) is 8.20. The average Bonchev–Trinajstić information content (AvgIpc) is 2.80. The standard InChI is InChI=1S/C32H70N2/c1-7-25-33(26-8-2,27-9-3)31-23-21-19-17-15-13-14-16-18-20-22-24-32-34(28-10-4,29-11-5)30-12-6/h7-32H2,1-6H3/q+2. The lowest BCUT2D eigenvalue weighted by Crippen LogP contribution is -2.50. The molecule has 2 heteroatoms. The van der Waals surface area contributed by atoms with Crippen LogP contribution in [-0.2, 0) is 0 Å². The van der Waals surface area contributed by atoms with Gasteiger partial charge in [0.1, 0.15) is 0 Å². The summed E-state index contributed by atoms with van der Waals surface area (Å²) in [5, 5.41) is 0. The van der Waals surface area contributed by atoms with Crippen molar-refractivity contribution in [3.63, 3.8) is 0 Å². The third kappa shape index (κ3) is 16.6. The predicted molar refractivity (Wildman–Crippen MR) is 157 cm³/mol. The predicted octanol–water partition coefficient (Wildman–Crippen LogP) is 9.76. The average molecular weight is 483 g/mol. The topological polar surface area (TPSA) is 0 Å². The van der Waals surface area contributed by atoms with Gasteiger partial charge in [0.2, 0.25) is 0 Å². The highest BCUT2D eigenvalue weighted by molar-refractivity contribution is 4.52. The zero-order chi connectivity index (χ0) is 25.4. The van der Waals surface area contributed by atoms with E-state index in [0.717, 1.165) is 0 Å². The maximum absolute atomic E-state index is 2.37. The molecule has 0 heterocycles. The highest BCUT2D eigenvalue weighted by Crippen LogP contribution is 2.18. The summed E-state index contributed by atoms with van der Waals surface area (Å²) in [5.41, 5.74) is 0. The number of hydrogen-bond acceptors (Lipinski definition) is 0. The molecule has 0 aromatic carbocycles. The van der Waals surface area contributed by atoms with Crippen molar-refractivity contribution in [2.45, 2.75) is 157 Å². The first-order valence-electron chi connectivity index (χ1n) is 16.3. The van der Waals surface area contributed by atoms with E-state index in [4.69, 9.17) is 0 Å². The van der Waals surface area contributed by atoms with Gasteiger partial charge in [-0.2, -0.15) is 0 Å². The molecule has 0 saturated heterocycles. The fourth-order valence-electron chi connectivity index (χ4n) is 6.85. The van der Waals surface area contributed by atoms with Gasteiger partial charge in [0.25, 0.3) is 0 Å². The summed E-state index contributed by atoms with van der Waals surface area (Å²) in [5.74, 6) is 0. The first kappa shape index (κ1) is 33.9. The molecule has 0 aliphatic rings. The molecule has 0 radical (unpaired) electrons. The highest BCUT2D eigenvalue weighted by atomic mass is 15.3. The third-order valence-electron chi connectivity index (χ3n) is 8.20. The van der Waals surface area contributed by atoms with Crippen LogP contribution in [0.15, 0.2) is 0 Å². The molecule has 0 N–H and O–H groups in total. The minimum absolute atomic E-state index is 1.34. The van der Waals surface area contributed by atoms with E-state index in [1.54, 1.807) is 0 Å². The van der Waals surface area contributed by atoms with Crippen LogP contribution < -0.4 is 0 Å². The fraction of sp³-hybridized carbons (Fsp3) is 1.00. The van der Waals surface area contributed by atoms with Crippen molar-refractivity contribution in [1.82, 2.24) is 0 Å². The summed E-state index contributed by atoms with van der Waals surface area (Å²) in [7, 11) is 0. The smallest absolute Gasteiger partial charge is 0.0786 e. The molecule has 0 aromatic rings. The Bertz CT molecular complexity index is 334. The molecule has 0 aliphatic heterocycles. The normalized spacial score (nSPS) is 12.5. The molecule has 206 valence electrons. The van der Waals surface area contributed by atoms with Crippen LogP contribution >= 0.6 is 0 Å². The largest absolute Gasteiger partial charge is 0.324 e. The molecule has 0 spiro atoms. The SMILES string of the molecule is CCC[N+](CCC)(CCC)CCCCCCCCCCCCCC[N+](CCC)(CCC)CCC. The highest BCUT2D eigenvalue weighted by Gasteiger charge is 2.24. The molecule has 2 nitrogen and oxygen atoms in total. The molecule has 0 unspecified atom stereocenters. The zero-order valence-corrected chi connectivity index (χ0v) is 25.3. The van der Waals surface area contributed by atoms with Crippen molar-refractivity contribution in [2.75, 3.05) is 52.4 Å². The van der Waals surface area contributed by atoms with Crippen LogP contribution in [0.5, 0.6) is 0 Å². The van der Waals surface area contributed by atoms with E-state index in [9.17, 15) is 0 Å². The van der Waals surface area contributed by atoms with Gasteiger partial charge in [0, 0.05) is 0 Å². The van der Waals surface area contributed by atoms with E-state index < -0.39 is 0 Å². The Hall–Kier alpha value is -0.0800.